The van der Waals surface area contributed by atoms with Crippen molar-refractivity contribution in [3.8, 4) is 5.75 Å². The highest BCUT2D eigenvalue weighted by Gasteiger charge is 2.13. The molecule has 0 aliphatic rings. The molecule has 0 aliphatic carbocycles. The number of hydrogen-bond acceptors (Lipinski definition) is 3. The van der Waals surface area contributed by atoms with E-state index < -0.39 is 0 Å². The summed E-state index contributed by atoms with van der Waals surface area (Å²) >= 11 is 3.36. The van der Waals surface area contributed by atoms with Crippen molar-refractivity contribution in [2.24, 2.45) is 0 Å². The van der Waals surface area contributed by atoms with Crippen LogP contribution in [0.25, 0.3) is 0 Å². The Bertz CT molecular complexity index is 361. The maximum Gasteiger partial charge on any atom is 0.251 e. The first kappa shape index (κ1) is 15.0. The predicted octanol–water partition coefficient (Wildman–Crippen LogP) is 2.23. The molecule has 0 saturated heterocycles. The van der Waals surface area contributed by atoms with E-state index in [1.54, 1.807) is 38.5 Å². The molecule has 0 fully saturated rings. The van der Waals surface area contributed by atoms with Crippen molar-refractivity contribution >= 4 is 21.8 Å². The molecule has 0 bridgehead atoms. The Labute approximate surface area is 116 Å². The third-order valence-electron chi connectivity index (χ3n) is 2.51. The Morgan fingerprint density at radius 3 is 2.50 bits per heavy atom. The molecule has 5 heteroatoms. The van der Waals surface area contributed by atoms with Crippen LogP contribution >= 0.6 is 15.9 Å². The van der Waals surface area contributed by atoms with Crippen molar-refractivity contribution in [2.75, 3.05) is 26.2 Å². The number of rotatable bonds is 7. The molecule has 4 nitrogen and oxygen atoms in total. The highest BCUT2D eigenvalue weighted by Crippen LogP contribution is 2.11. The number of amides is 1. The first-order valence-corrected chi connectivity index (χ1v) is 6.83. The van der Waals surface area contributed by atoms with Gasteiger partial charge in [0.1, 0.15) is 5.75 Å². The van der Waals surface area contributed by atoms with Crippen LogP contribution in [0.15, 0.2) is 24.3 Å². The standard InChI is InChI=1S/C13H18BrNO3/c1-17-9-11(7-8-14)15-13(16)10-3-5-12(18-2)6-4-10/h3-6,11H,7-9H2,1-2H3,(H,15,16). The highest BCUT2D eigenvalue weighted by molar-refractivity contribution is 9.09. The molecule has 18 heavy (non-hydrogen) atoms. The van der Waals surface area contributed by atoms with Gasteiger partial charge >= 0.3 is 0 Å². The summed E-state index contributed by atoms with van der Waals surface area (Å²) in [6.07, 6.45) is 0.829. The molecular formula is C13H18BrNO3. The van der Waals surface area contributed by atoms with E-state index in [2.05, 4.69) is 21.2 Å². The number of carbonyl (C=O) groups excluding carboxylic acids is 1. The number of benzene rings is 1. The molecule has 1 rings (SSSR count). The SMILES string of the molecule is COCC(CCBr)NC(=O)c1ccc(OC)cc1. The number of carbonyl (C=O) groups is 1. The summed E-state index contributed by atoms with van der Waals surface area (Å²) in [6, 6.07) is 7.04. The van der Waals surface area contributed by atoms with Gasteiger partial charge in [0, 0.05) is 18.0 Å². The lowest BCUT2D eigenvalue weighted by Gasteiger charge is -2.16. The fourth-order valence-electron chi connectivity index (χ4n) is 1.54. The lowest BCUT2D eigenvalue weighted by Crippen LogP contribution is -2.38. The molecular weight excluding hydrogens is 298 g/mol. The summed E-state index contributed by atoms with van der Waals surface area (Å²) in [7, 11) is 3.22. The van der Waals surface area contributed by atoms with Crippen LogP contribution in [0, 0.1) is 0 Å². The number of ether oxygens (including phenoxy) is 2. The molecule has 0 radical (unpaired) electrons. The Balaban J connectivity index is 2.61. The van der Waals surface area contributed by atoms with E-state index >= 15 is 0 Å². The fourth-order valence-corrected chi connectivity index (χ4v) is 2.09. The van der Waals surface area contributed by atoms with Gasteiger partial charge in [-0.15, -0.1) is 0 Å². The summed E-state index contributed by atoms with van der Waals surface area (Å²) in [5.41, 5.74) is 0.617. The van der Waals surface area contributed by atoms with Crippen molar-refractivity contribution in [3.05, 3.63) is 29.8 Å². The quantitative estimate of drug-likeness (QED) is 0.785. The van der Waals surface area contributed by atoms with E-state index in [1.165, 1.54) is 0 Å². The minimum atomic E-state index is -0.0966. The van der Waals surface area contributed by atoms with Gasteiger partial charge in [-0.3, -0.25) is 4.79 Å². The van der Waals surface area contributed by atoms with E-state index in [1.807, 2.05) is 0 Å². The van der Waals surface area contributed by atoms with Crippen molar-refractivity contribution in [1.82, 2.24) is 5.32 Å². The third-order valence-corrected chi connectivity index (χ3v) is 2.97. The topological polar surface area (TPSA) is 47.6 Å². The summed E-state index contributed by atoms with van der Waals surface area (Å²) in [5, 5.41) is 3.76. The zero-order chi connectivity index (χ0) is 13.4. The van der Waals surface area contributed by atoms with Crippen LogP contribution in [0.5, 0.6) is 5.75 Å². The smallest absolute Gasteiger partial charge is 0.251 e. The molecule has 1 unspecified atom stereocenters. The first-order valence-electron chi connectivity index (χ1n) is 5.71. The number of alkyl halides is 1. The molecule has 0 spiro atoms. The van der Waals surface area contributed by atoms with Crippen LogP contribution in [0.4, 0.5) is 0 Å². The molecule has 1 aromatic carbocycles. The lowest BCUT2D eigenvalue weighted by molar-refractivity contribution is 0.0895. The number of nitrogens with one attached hydrogen (secondary N) is 1. The van der Waals surface area contributed by atoms with Crippen LogP contribution in [-0.2, 0) is 4.74 Å². The summed E-state index contributed by atoms with van der Waals surface area (Å²) < 4.78 is 10.1. The molecule has 1 atom stereocenters. The summed E-state index contributed by atoms with van der Waals surface area (Å²) in [4.78, 5) is 12.0. The van der Waals surface area contributed by atoms with Gasteiger partial charge in [0.15, 0.2) is 0 Å². The maximum atomic E-state index is 12.0. The number of methoxy groups -OCH3 is 2. The van der Waals surface area contributed by atoms with Gasteiger partial charge in [-0.1, -0.05) is 15.9 Å². The van der Waals surface area contributed by atoms with Gasteiger partial charge in [-0.05, 0) is 30.7 Å². The number of hydrogen-bond donors (Lipinski definition) is 1. The minimum Gasteiger partial charge on any atom is -0.497 e. The van der Waals surface area contributed by atoms with E-state index in [9.17, 15) is 4.79 Å². The van der Waals surface area contributed by atoms with E-state index in [4.69, 9.17) is 9.47 Å². The van der Waals surface area contributed by atoms with Gasteiger partial charge in [-0.25, -0.2) is 0 Å². The lowest BCUT2D eigenvalue weighted by atomic mass is 10.1. The van der Waals surface area contributed by atoms with E-state index in [-0.39, 0.29) is 11.9 Å². The molecule has 1 aromatic rings. The average Bonchev–Trinajstić information content (AvgIpc) is 2.39. The Morgan fingerprint density at radius 1 is 1.33 bits per heavy atom. The van der Waals surface area contributed by atoms with E-state index in [0.717, 1.165) is 17.5 Å². The molecule has 0 aromatic heterocycles. The predicted molar refractivity (Wildman–Crippen MR) is 74.5 cm³/mol. The minimum absolute atomic E-state index is 0.0176. The third kappa shape index (κ3) is 4.66. The van der Waals surface area contributed by atoms with Crippen molar-refractivity contribution in [1.29, 1.82) is 0 Å². The van der Waals surface area contributed by atoms with Crippen molar-refractivity contribution in [3.63, 3.8) is 0 Å². The average molecular weight is 316 g/mol. The largest absolute Gasteiger partial charge is 0.497 e. The van der Waals surface area contributed by atoms with Crippen molar-refractivity contribution < 1.29 is 14.3 Å². The summed E-state index contributed by atoms with van der Waals surface area (Å²) in [6.45, 7) is 0.507. The van der Waals surface area contributed by atoms with Gasteiger partial charge in [0.05, 0.1) is 19.8 Å². The van der Waals surface area contributed by atoms with Crippen LogP contribution in [0.1, 0.15) is 16.8 Å². The zero-order valence-corrected chi connectivity index (χ0v) is 12.2. The summed E-state index contributed by atoms with van der Waals surface area (Å²) in [5.74, 6) is 0.640. The van der Waals surface area contributed by atoms with Crippen LogP contribution in [0.3, 0.4) is 0 Å². The van der Waals surface area contributed by atoms with Crippen LogP contribution in [0.2, 0.25) is 0 Å². The first-order chi connectivity index (χ1) is 8.71. The van der Waals surface area contributed by atoms with Crippen molar-refractivity contribution in [2.45, 2.75) is 12.5 Å². The Kier molecular flexibility index (Phi) is 6.75. The molecule has 0 aliphatic heterocycles. The second-order valence-electron chi connectivity index (χ2n) is 3.83. The molecule has 1 N–H and O–H groups in total. The molecule has 100 valence electrons. The van der Waals surface area contributed by atoms with Gasteiger partial charge in [0.25, 0.3) is 5.91 Å². The monoisotopic (exact) mass is 315 g/mol. The zero-order valence-electron chi connectivity index (χ0n) is 10.6. The van der Waals surface area contributed by atoms with Gasteiger partial charge in [0.2, 0.25) is 0 Å². The second kappa shape index (κ2) is 8.11. The van der Waals surface area contributed by atoms with E-state index in [0.29, 0.717) is 12.2 Å². The molecule has 0 saturated carbocycles. The normalized spacial score (nSPS) is 11.9. The Hall–Kier alpha value is -1.07. The molecule has 1 amide bonds. The van der Waals surface area contributed by atoms with Gasteiger partial charge in [-0.2, -0.15) is 0 Å². The second-order valence-corrected chi connectivity index (χ2v) is 4.62. The fraction of sp³-hybridized carbons (Fsp3) is 0.462. The number of halogens is 1. The van der Waals surface area contributed by atoms with Crippen LogP contribution in [-0.4, -0.2) is 38.1 Å². The maximum absolute atomic E-state index is 12.0. The van der Waals surface area contributed by atoms with Crippen LogP contribution < -0.4 is 10.1 Å². The highest BCUT2D eigenvalue weighted by atomic mass is 79.9. The van der Waals surface area contributed by atoms with Gasteiger partial charge < -0.3 is 14.8 Å². The molecule has 0 heterocycles. The Morgan fingerprint density at radius 2 is 2.00 bits per heavy atom.